The van der Waals surface area contributed by atoms with Gasteiger partial charge in [-0.05, 0) is 60.9 Å². The zero-order valence-corrected chi connectivity index (χ0v) is 19.1. The molecule has 7 heteroatoms. The van der Waals surface area contributed by atoms with Crippen molar-refractivity contribution in [3.8, 4) is 11.8 Å². The molecular formula is C26H31N3O4. The number of fused-ring (bicyclic) bond motifs is 1. The van der Waals surface area contributed by atoms with Crippen LogP contribution >= 0.6 is 0 Å². The average molecular weight is 450 g/mol. The van der Waals surface area contributed by atoms with Crippen molar-refractivity contribution in [2.45, 2.75) is 57.4 Å². The molecule has 0 radical (unpaired) electrons. The van der Waals surface area contributed by atoms with Gasteiger partial charge < -0.3 is 15.4 Å². The Labute approximate surface area is 194 Å². The molecule has 3 unspecified atom stereocenters. The van der Waals surface area contributed by atoms with Gasteiger partial charge >= 0.3 is 0 Å². The number of ether oxygens (including phenoxy) is 1. The van der Waals surface area contributed by atoms with Gasteiger partial charge in [0.2, 0.25) is 11.8 Å². The van der Waals surface area contributed by atoms with Gasteiger partial charge in [-0.25, -0.2) is 0 Å². The van der Waals surface area contributed by atoms with Crippen LogP contribution in [0, 0.1) is 29.1 Å². The number of nitrogens with zero attached hydrogens (tertiary/aromatic N) is 1. The SMILES string of the molecule is COc1ccc2c(c1)C=C(C(=O)NC(CC1CC1)C(=O)CC(C#N)CC1CCCNC1=O)C2. The topological polar surface area (TPSA) is 108 Å². The first-order valence-corrected chi connectivity index (χ1v) is 11.8. The van der Waals surface area contributed by atoms with E-state index in [-0.39, 0.29) is 29.9 Å². The molecule has 3 atom stereocenters. The van der Waals surface area contributed by atoms with E-state index >= 15 is 0 Å². The van der Waals surface area contributed by atoms with E-state index in [1.54, 1.807) is 7.11 Å². The summed E-state index contributed by atoms with van der Waals surface area (Å²) in [4.78, 5) is 38.2. The third-order valence-electron chi connectivity index (χ3n) is 6.91. The molecule has 2 aliphatic carbocycles. The summed E-state index contributed by atoms with van der Waals surface area (Å²) in [7, 11) is 1.61. The minimum Gasteiger partial charge on any atom is -0.497 e. The predicted molar refractivity (Wildman–Crippen MR) is 123 cm³/mol. The molecule has 1 saturated carbocycles. The highest BCUT2D eigenvalue weighted by atomic mass is 16.5. The van der Waals surface area contributed by atoms with E-state index < -0.39 is 12.0 Å². The average Bonchev–Trinajstić information content (AvgIpc) is 3.53. The quantitative estimate of drug-likeness (QED) is 0.571. The van der Waals surface area contributed by atoms with E-state index in [9.17, 15) is 19.6 Å². The van der Waals surface area contributed by atoms with Crippen LogP contribution in [0.15, 0.2) is 23.8 Å². The van der Waals surface area contributed by atoms with Crippen LogP contribution in [0.1, 0.15) is 56.1 Å². The zero-order chi connectivity index (χ0) is 23.4. The Kier molecular flexibility index (Phi) is 7.12. The van der Waals surface area contributed by atoms with Crippen molar-refractivity contribution in [3.63, 3.8) is 0 Å². The van der Waals surface area contributed by atoms with Gasteiger partial charge in [0.05, 0.1) is 25.1 Å². The summed E-state index contributed by atoms with van der Waals surface area (Å²) in [5.74, 6) is 0.0750. The minimum atomic E-state index is -0.597. The van der Waals surface area contributed by atoms with Crippen LogP contribution in [0.25, 0.3) is 6.08 Å². The molecule has 33 heavy (non-hydrogen) atoms. The smallest absolute Gasteiger partial charge is 0.248 e. The second-order valence-electron chi connectivity index (χ2n) is 9.48. The monoisotopic (exact) mass is 449 g/mol. The summed E-state index contributed by atoms with van der Waals surface area (Å²) in [6.45, 7) is 0.674. The number of amides is 2. The van der Waals surface area contributed by atoms with Crippen LogP contribution in [-0.4, -0.2) is 37.3 Å². The van der Waals surface area contributed by atoms with Gasteiger partial charge in [0, 0.05) is 30.9 Å². The predicted octanol–water partition coefficient (Wildman–Crippen LogP) is 2.93. The van der Waals surface area contributed by atoms with Gasteiger partial charge in [0.15, 0.2) is 5.78 Å². The fourth-order valence-corrected chi connectivity index (χ4v) is 4.76. The molecule has 174 valence electrons. The van der Waals surface area contributed by atoms with E-state index in [0.29, 0.717) is 37.3 Å². The molecule has 2 amide bonds. The van der Waals surface area contributed by atoms with Crippen molar-refractivity contribution >= 4 is 23.7 Å². The Balaban J connectivity index is 1.39. The van der Waals surface area contributed by atoms with Crippen LogP contribution in [-0.2, 0) is 20.8 Å². The molecule has 1 aromatic carbocycles. The molecule has 2 fully saturated rings. The maximum Gasteiger partial charge on any atom is 0.248 e. The number of ketones is 1. The number of carbonyl (C=O) groups is 3. The summed E-state index contributed by atoms with van der Waals surface area (Å²) >= 11 is 0. The summed E-state index contributed by atoms with van der Waals surface area (Å²) in [5.41, 5.74) is 2.64. The third kappa shape index (κ3) is 5.81. The van der Waals surface area contributed by atoms with Crippen LogP contribution in [0.5, 0.6) is 5.75 Å². The van der Waals surface area contributed by atoms with Crippen molar-refractivity contribution in [2.24, 2.45) is 17.8 Å². The number of hydrogen-bond acceptors (Lipinski definition) is 5. The Morgan fingerprint density at radius 3 is 2.79 bits per heavy atom. The number of Topliss-reactive ketones (excluding diaryl/α,β-unsaturated/α-hetero) is 1. The van der Waals surface area contributed by atoms with Crippen molar-refractivity contribution in [1.29, 1.82) is 5.26 Å². The van der Waals surface area contributed by atoms with E-state index in [1.165, 1.54) is 0 Å². The number of nitrogens with one attached hydrogen (secondary N) is 2. The molecule has 1 heterocycles. The van der Waals surface area contributed by atoms with Gasteiger partial charge in [0.25, 0.3) is 0 Å². The molecule has 1 saturated heterocycles. The van der Waals surface area contributed by atoms with Crippen molar-refractivity contribution in [1.82, 2.24) is 10.6 Å². The van der Waals surface area contributed by atoms with Crippen LogP contribution < -0.4 is 15.4 Å². The first kappa shape index (κ1) is 23.0. The molecule has 2 N–H and O–H groups in total. The lowest BCUT2D eigenvalue weighted by Gasteiger charge is -2.24. The second kappa shape index (κ2) is 10.2. The highest BCUT2D eigenvalue weighted by Gasteiger charge is 2.33. The molecule has 3 aliphatic rings. The van der Waals surface area contributed by atoms with Crippen LogP contribution in [0.3, 0.4) is 0 Å². The summed E-state index contributed by atoms with van der Waals surface area (Å²) in [6, 6.07) is 7.36. The van der Waals surface area contributed by atoms with E-state index in [1.807, 2.05) is 24.3 Å². The van der Waals surface area contributed by atoms with Gasteiger partial charge in [-0.1, -0.05) is 18.9 Å². The van der Waals surface area contributed by atoms with Gasteiger partial charge in [-0.15, -0.1) is 0 Å². The summed E-state index contributed by atoms with van der Waals surface area (Å²) in [5, 5.41) is 15.4. The van der Waals surface area contributed by atoms with Crippen LogP contribution in [0.4, 0.5) is 0 Å². The minimum absolute atomic E-state index is 0.0267. The lowest BCUT2D eigenvalue weighted by Crippen LogP contribution is -2.43. The Hall–Kier alpha value is -3.14. The standard InChI is InChI=1S/C26H31N3O4/c1-33-22-7-6-18-12-21(13-20(18)14-22)26(32)29-23(10-16-4-5-16)24(30)11-17(15-27)9-19-3-2-8-28-25(19)31/h6-7,13-14,16-17,19,23H,2-5,8-12H2,1H3,(H,28,31)(H,29,32). The van der Waals surface area contributed by atoms with E-state index in [0.717, 1.165) is 42.6 Å². The molecule has 1 aromatic rings. The summed E-state index contributed by atoms with van der Waals surface area (Å²) < 4.78 is 5.26. The van der Waals surface area contributed by atoms with Gasteiger partial charge in [-0.3, -0.25) is 14.4 Å². The molecule has 4 rings (SSSR count). The van der Waals surface area contributed by atoms with Gasteiger partial charge in [0.1, 0.15) is 5.75 Å². The lowest BCUT2D eigenvalue weighted by atomic mass is 9.85. The molecular weight excluding hydrogens is 418 g/mol. The Morgan fingerprint density at radius 2 is 2.09 bits per heavy atom. The second-order valence-corrected chi connectivity index (χ2v) is 9.48. The summed E-state index contributed by atoms with van der Waals surface area (Å²) in [6.07, 6.45) is 7.22. The van der Waals surface area contributed by atoms with Gasteiger partial charge in [-0.2, -0.15) is 5.26 Å². The maximum atomic E-state index is 13.1. The number of piperidine rings is 1. The number of rotatable bonds is 10. The maximum absolute atomic E-state index is 13.1. The molecule has 0 spiro atoms. The third-order valence-corrected chi connectivity index (χ3v) is 6.91. The van der Waals surface area contributed by atoms with Crippen molar-refractivity contribution in [2.75, 3.05) is 13.7 Å². The molecule has 7 nitrogen and oxygen atoms in total. The molecule has 1 aliphatic heterocycles. The zero-order valence-electron chi connectivity index (χ0n) is 19.1. The Bertz CT molecular complexity index is 1010. The molecule has 0 bridgehead atoms. The van der Waals surface area contributed by atoms with E-state index in [2.05, 4.69) is 16.7 Å². The number of methoxy groups -OCH3 is 1. The molecule has 0 aromatic heterocycles. The number of nitriles is 1. The highest BCUT2D eigenvalue weighted by Crippen LogP contribution is 2.35. The Morgan fingerprint density at radius 1 is 1.27 bits per heavy atom. The fourth-order valence-electron chi connectivity index (χ4n) is 4.76. The fraction of sp³-hybridized carbons (Fsp3) is 0.538. The first-order chi connectivity index (χ1) is 16.0. The van der Waals surface area contributed by atoms with Crippen molar-refractivity contribution < 1.29 is 19.1 Å². The number of benzene rings is 1. The van der Waals surface area contributed by atoms with Crippen LogP contribution in [0.2, 0.25) is 0 Å². The normalized spacial score (nSPS) is 21.2. The lowest BCUT2D eigenvalue weighted by molar-refractivity contribution is -0.128. The largest absolute Gasteiger partial charge is 0.497 e. The number of carbonyl (C=O) groups excluding carboxylic acids is 3. The number of hydrogen-bond donors (Lipinski definition) is 2. The van der Waals surface area contributed by atoms with Crippen molar-refractivity contribution in [3.05, 3.63) is 34.9 Å². The highest BCUT2D eigenvalue weighted by molar-refractivity contribution is 6.02. The van der Waals surface area contributed by atoms with E-state index in [4.69, 9.17) is 4.74 Å². The first-order valence-electron chi connectivity index (χ1n) is 11.8.